The van der Waals surface area contributed by atoms with Crippen molar-refractivity contribution in [1.82, 2.24) is 19.5 Å². The Kier molecular flexibility index (Phi) is 6.24. The Morgan fingerprint density at radius 1 is 1.09 bits per heavy atom. The molecule has 2 fully saturated rings. The molecule has 2 aliphatic rings. The molecule has 6 nitrogen and oxygen atoms in total. The second-order valence-electron chi connectivity index (χ2n) is 8.93. The van der Waals surface area contributed by atoms with Gasteiger partial charge in [-0.15, -0.1) is 0 Å². The van der Waals surface area contributed by atoms with Crippen molar-refractivity contribution in [2.45, 2.75) is 44.3 Å². The number of rotatable bonds is 4. The number of hydrogen-bond acceptors (Lipinski definition) is 5. The van der Waals surface area contributed by atoms with Crippen molar-refractivity contribution in [3.8, 4) is 11.3 Å². The predicted molar refractivity (Wildman–Crippen MR) is 121 cm³/mol. The summed E-state index contributed by atoms with van der Waals surface area (Å²) in [6.07, 6.45) is 0.783. The third-order valence-electron chi connectivity index (χ3n) is 6.72. The third kappa shape index (κ3) is 4.63. The number of benzene rings is 1. The fourth-order valence-electron chi connectivity index (χ4n) is 5.07. The van der Waals surface area contributed by atoms with E-state index >= 15 is 0 Å². The van der Waals surface area contributed by atoms with Crippen LogP contribution in [-0.2, 0) is 10.9 Å². The number of aromatic nitrogens is 3. The van der Waals surface area contributed by atoms with Gasteiger partial charge in [0.05, 0.1) is 12.3 Å². The minimum Gasteiger partial charge on any atom is -0.461 e. The lowest BCUT2D eigenvalue weighted by Crippen LogP contribution is -2.49. The standard InChI is InChI=1S/C24H24ClF3N4O2/c25-17-8-6-15(7-9-17)18-12-21(24(26,27)28)32-22(29-18)13-19(30-32)23(33)34-14-16-4-3-11-31-10-2-1-5-20(16)31/h6-9,12-13,16,20H,1-5,10-11,14H2/t16-,20-/m0/s1. The molecule has 2 atom stereocenters. The number of carbonyl (C=O) groups is 1. The van der Waals surface area contributed by atoms with Gasteiger partial charge in [0.25, 0.3) is 0 Å². The van der Waals surface area contributed by atoms with E-state index in [9.17, 15) is 18.0 Å². The van der Waals surface area contributed by atoms with Crippen LogP contribution < -0.4 is 0 Å². The normalized spacial score (nSPS) is 21.4. The molecule has 0 saturated carbocycles. The second-order valence-corrected chi connectivity index (χ2v) is 9.37. The Bertz CT molecular complexity index is 1190. The topological polar surface area (TPSA) is 59.7 Å². The summed E-state index contributed by atoms with van der Waals surface area (Å²) in [4.78, 5) is 19.5. The lowest BCUT2D eigenvalue weighted by molar-refractivity contribution is -0.142. The largest absolute Gasteiger partial charge is 0.461 e. The van der Waals surface area contributed by atoms with E-state index in [1.807, 2.05) is 0 Å². The van der Waals surface area contributed by atoms with Crippen molar-refractivity contribution in [3.63, 3.8) is 0 Å². The van der Waals surface area contributed by atoms with Gasteiger partial charge >= 0.3 is 12.1 Å². The fraction of sp³-hybridized carbons (Fsp3) is 0.458. The average Bonchev–Trinajstić information content (AvgIpc) is 3.26. The molecule has 0 unspecified atom stereocenters. The molecule has 0 aliphatic carbocycles. The highest BCUT2D eigenvalue weighted by Gasteiger charge is 2.36. The number of ether oxygens (including phenoxy) is 1. The lowest BCUT2D eigenvalue weighted by atomic mass is 9.84. The second kappa shape index (κ2) is 9.19. The molecule has 2 aromatic heterocycles. The van der Waals surface area contributed by atoms with Crippen molar-refractivity contribution in [3.05, 3.63) is 52.8 Å². The quantitative estimate of drug-likeness (QED) is 0.451. The minimum atomic E-state index is -4.69. The highest BCUT2D eigenvalue weighted by molar-refractivity contribution is 6.30. The van der Waals surface area contributed by atoms with Gasteiger partial charge in [0.15, 0.2) is 17.0 Å². The first-order valence-corrected chi connectivity index (χ1v) is 11.8. The van der Waals surface area contributed by atoms with Gasteiger partial charge in [0, 0.05) is 28.6 Å². The van der Waals surface area contributed by atoms with E-state index in [0.29, 0.717) is 21.1 Å². The molecule has 3 aromatic rings. The first-order chi connectivity index (χ1) is 16.3. The average molecular weight is 493 g/mol. The van der Waals surface area contributed by atoms with E-state index < -0.39 is 17.8 Å². The van der Waals surface area contributed by atoms with Gasteiger partial charge in [-0.3, -0.25) is 4.90 Å². The van der Waals surface area contributed by atoms with Crippen LogP contribution in [0, 0.1) is 5.92 Å². The molecule has 5 rings (SSSR count). The molecule has 0 bridgehead atoms. The minimum absolute atomic E-state index is 0.0807. The van der Waals surface area contributed by atoms with Crippen LogP contribution in [-0.4, -0.2) is 51.2 Å². The summed E-state index contributed by atoms with van der Waals surface area (Å²) in [6.45, 7) is 2.39. The molecule has 180 valence electrons. The maximum absolute atomic E-state index is 13.8. The monoisotopic (exact) mass is 492 g/mol. The molecule has 34 heavy (non-hydrogen) atoms. The van der Waals surface area contributed by atoms with Gasteiger partial charge < -0.3 is 4.74 Å². The highest BCUT2D eigenvalue weighted by atomic mass is 35.5. The van der Waals surface area contributed by atoms with Crippen molar-refractivity contribution >= 4 is 23.2 Å². The summed E-state index contributed by atoms with van der Waals surface area (Å²) >= 11 is 5.89. The van der Waals surface area contributed by atoms with Crippen molar-refractivity contribution in [2.24, 2.45) is 5.92 Å². The van der Waals surface area contributed by atoms with Crippen LogP contribution in [0.25, 0.3) is 16.9 Å². The van der Waals surface area contributed by atoms with Gasteiger partial charge in [-0.25, -0.2) is 14.3 Å². The smallest absolute Gasteiger partial charge is 0.433 e. The molecule has 4 heterocycles. The van der Waals surface area contributed by atoms with Crippen LogP contribution in [0.3, 0.4) is 0 Å². The Labute approximate surface area is 199 Å². The van der Waals surface area contributed by atoms with E-state index in [0.717, 1.165) is 38.4 Å². The summed E-state index contributed by atoms with van der Waals surface area (Å²) in [6, 6.07) is 8.89. The number of alkyl halides is 3. The predicted octanol–water partition coefficient (Wildman–Crippen LogP) is 5.49. The summed E-state index contributed by atoms with van der Waals surface area (Å²) in [5, 5.41) is 4.36. The van der Waals surface area contributed by atoms with Gasteiger partial charge in [-0.05, 0) is 57.0 Å². The zero-order chi connectivity index (χ0) is 23.9. The molecular formula is C24H24ClF3N4O2. The van der Waals surface area contributed by atoms with Crippen LogP contribution in [0.2, 0.25) is 5.02 Å². The first-order valence-electron chi connectivity index (χ1n) is 11.4. The van der Waals surface area contributed by atoms with Gasteiger partial charge in [0.1, 0.15) is 0 Å². The Hall–Kier alpha value is -2.65. The Morgan fingerprint density at radius 3 is 2.62 bits per heavy atom. The van der Waals surface area contributed by atoms with E-state index in [1.54, 1.807) is 24.3 Å². The summed E-state index contributed by atoms with van der Waals surface area (Å²) < 4.78 is 47.6. The maximum Gasteiger partial charge on any atom is 0.433 e. The molecule has 10 heteroatoms. The molecule has 2 saturated heterocycles. The number of hydrogen-bond donors (Lipinski definition) is 0. The Morgan fingerprint density at radius 2 is 1.85 bits per heavy atom. The van der Waals surface area contributed by atoms with Crippen LogP contribution in [0.5, 0.6) is 0 Å². The summed E-state index contributed by atoms with van der Waals surface area (Å²) in [7, 11) is 0. The van der Waals surface area contributed by atoms with Crippen LogP contribution in [0.15, 0.2) is 36.4 Å². The maximum atomic E-state index is 13.8. The van der Waals surface area contributed by atoms with Crippen LogP contribution >= 0.6 is 11.6 Å². The fourth-order valence-corrected chi connectivity index (χ4v) is 5.20. The van der Waals surface area contributed by atoms with Crippen LogP contribution in [0.4, 0.5) is 13.2 Å². The number of carbonyl (C=O) groups excluding carboxylic acids is 1. The number of esters is 1. The SMILES string of the molecule is O=C(OC[C@@H]1CCCN2CCCC[C@@H]12)c1cc2nc(-c3ccc(Cl)cc3)cc(C(F)(F)F)n2n1. The molecule has 0 spiro atoms. The molecule has 0 N–H and O–H groups in total. The Balaban J connectivity index is 1.40. The van der Waals surface area contributed by atoms with E-state index in [2.05, 4.69) is 15.0 Å². The lowest BCUT2D eigenvalue weighted by Gasteiger charge is -2.44. The number of halogens is 4. The van der Waals surface area contributed by atoms with Gasteiger partial charge in [-0.1, -0.05) is 30.2 Å². The highest BCUT2D eigenvalue weighted by Crippen LogP contribution is 2.33. The number of nitrogens with zero attached hydrogens (tertiary/aromatic N) is 4. The van der Waals surface area contributed by atoms with E-state index in [1.165, 1.54) is 18.9 Å². The molecule has 0 amide bonds. The summed E-state index contributed by atoms with van der Waals surface area (Å²) in [5.41, 5.74) is -0.718. The summed E-state index contributed by atoms with van der Waals surface area (Å²) in [5.74, 6) is -0.505. The van der Waals surface area contributed by atoms with Gasteiger partial charge in [-0.2, -0.15) is 18.3 Å². The van der Waals surface area contributed by atoms with Crippen LogP contribution in [0.1, 0.15) is 48.3 Å². The number of fused-ring (bicyclic) bond motifs is 2. The molecule has 0 radical (unpaired) electrons. The van der Waals surface area contributed by atoms with Gasteiger partial charge in [0.2, 0.25) is 0 Å². The number of piperidine rings is 2. The zero-order valence-corrected chi connectivity index (χ0v) is 19.1. The molecular weight excluding hydrogens is 469 g/mol. The third-order valence-corrected chi connectivity index (χ3v) is 6.98. The van der Waals surface area contributed by atoms with E-state index in [4.69, 9.17) is 16.3 Å². The van der Waals surface area contributed by atoms with Crippen molar-refractivity contribution in [2.75, 3.05) is 19.7 Å². The zero-order valence-electron chi connectivity index (χ0n) is 18.4. The van der Waals surface area contributed by atoms with Crippen molar-refractivity contribution in [1.29, 1.82) is 0 Å². The molecule has 1 aromatic carbocycles. The van der Waals surface area contributed by atoms with E-state index in [-0.39, 0.29) is 29.6 Å². The van der Waals surface area contributed by atoms with Crippen molar-refractivity contribution < 1.29 is 22.7 Å². The molecule has 2 aliphatic heterocycles. The first kappa shape index (κ1) is 23.1.